The minimum atomic E-state index is -1.17. The molecule has 2 fully saturated rings. The molecule has 0 aromatic rings. The minimum Gasteiger partial charge on any atom is -0.481 e. The molecule has 4 atom stereocenters. The average Bonchev–Trinajstić information content (AvgIpc) is 3.46. The Balaban J connectivity index is 2.00. The van der Waals surface area contributed by atoms with Crippen LogP contribution < -0.4 is 16.0 Å². The quantitative estimate of drug-likeness (QED) is 0.205. The number of hydrogen-bond donors (Lipinski definition) is 4. The molecule has 2 rings (SSSR count). The molecule has 0 aromatic carbocycles. The maximum atomic E-state index is 13.4. The maximum Gasteiger partial charge on any atom is 0.407 e. The first kappa shape index (κ1) is 35.5. The fraction of sp³-hybridized carbons (Fsp3) is 0.759. The molecule has 0 aliphatic carbocycles. The van der Waals surface area contributed by atoms with Crippen molar-refractivity contribution in [3.63, 3.8) is 0 Å². The number of hydrogen-bond acceptors (Lipinski definition) is 8. The summed E-state index contributed by atoms with van der Waals surface area (Å²) < 4.78 is 5.16. The summed E-state index contributed by atoms with van der Waals surface area (Å²) in [6.07, 6.45) is 1.79. The Morgan fingerprint density at radius 1 is 0.953 bits per heavy atom. The second kappa shape index (κ2) is 16.8. The van der Waals surface area contributed by atoms with E-state index in [9.17, 15) is 38.7 Å². The second-order valence-electron chi connectivity index (χ2n) is 12.0. The number of carbonyl (C=O) groups excluding carboxylic acids is 6. The minimum absolute atomic E-state index is 0.0371. The van der Waals surface area contributed by atoms with Gasteiger partial charge >= 0.3 is 12.1 Å². The van der Waals surface area contributed by atoms with Crippen LogP contribution in [0, 0.1) is 17.8 Å². The number of ether oxygens (including phenoxy) is 1. The van der Waals surface area contributed by atoms with Crippen molar-refractivity contribution in [2.24, 2.45) is 17.8 Å². The van der Waals surface area contributed by atoms with Crippen LogP contribution in [0.15, 0.2) is 0 Å². The van der Waals surface area contributed by atoms with Crippen molar-refractivity contribution < 1.29 is 43.4 Å². The number of carboxylic acids is 1. The molecule has 43 heavy (non-hydrogen) atoms. The zero-order valence-electron chi connectivity index (χ0n) is 25.8. The largest absolute Gasteiger partial charge is 0.481 e. The third-order valence-corrected chi connectivity index (χ3v) is 7.55. The van der Waals surface area contributed by atoms with Crippen LogP contribution in [-0.2, 0) is 33.5 Å². The lowest BCUT2D eigenvalue weighted by Gasteiger charge is -2.31. The first-order chi connectivity index (χ1) is 20.3. The third kappa shape index (κ3) is 10.5. The Bertz CT molecular complexity index is 1050. The highest BCUT2D eigenvalue weighted by Crippen LogP contribution is 2.21. The number of likely N-dealkylation sites (tertiary alicyclic amines) is 2. The van der Waals surface area contributed by atoms with Gasteiger partial charge in [0.2, 0.25) is 23.5 Å². The first-order valence-corrected chi connectivity index (χ1v) is 15.1. The van der Waals surface area contributed by atoms with E-state index < -0.39 is 72.1 Å². The molecule has 5 amide bonds. The summed E-state index contributed by atoms with van der Waals surface area (Å²) in [4.78, 5) is 91.2. The van der Waals surface area contributed by atoms with Crippen LogP contribution >= 0.6 is 0 Å². The van der Waals surface area contributed by atoms with Crippen molar-refractivity contribution in [1.82, 2.24) is 25.8 Å². The molecule has 2 heterocycles. The number of carbonyl (C=O) groups is 7. The Morgan fingerprint density at radius 2 is 1.63 bits per heavy atom. The van der Waals surface area contributed by atoms with Crippen LogP contribution in [0.5, 0.6) is 0 Å². The predicted octanol–water partition coefficient (Wildman–Crippen LogP) is 0.678. The Labute approximate surface area is 252 Å². The number of piperidine rings is 1. The number of rotatable bonds is 14. The van der Waals surface area contributed by atoms with Gasteiger partial charge in [0.25, 0.3) is 5.91 Å². The molecule has 2 saturated heterocycles. The predicted molar refractivity (Wildman–Crippen MR) is 154 cm³/mol. The van der Waals surface area contributed by atoms with E-state index in [0.29, 0.717) is 38.6 Å². The molecule has 2 aliphatic heterocycles. The van der Waals surface area contributed by atoms with E-state index >= 15 is 0 Å². The fourth-order valence-electron chi connectivity index (χ4n) is 5.15. The molecule has 0 radical (unpaired) electrons. The summed E-state index contributed by atoms with van der Waals surface area (Å²) in [6, 6.07) is -2.97. The van der Waals surface area contributed by atoms with Gasteiger partial charge in [0.1, 0.15) is 12.1 Å². The number of Topliss-reactive ketones (excluding diaryl/α,β-unsaturated/α-hetero) is 1. The molecule has 0 spiro atoms. The number of carboxylic acid groups (broad SMARTS) is 1. The van der Waals surface area contributed by atoms with Gasteiger partial charge in [-0.15, -0.1) is 0 Å². The van der Waals surface area contributed by atoms with E-state index in [-0.39, 0.29) is 38.0 Å². The van der Waals surface area contributed by atoms with Gasteiger partial charge in [-0.1, -0.05) is 41.0 Å². The van der Waals surface area contributed by atoms with Gasteiger partial charge in [0.05, 0.1) is 25.1 Å². The molecule has 242 valence electrons. The summed E-state index contributed by atoms with van der Waals surface area (Å²) in [5, 5.41) is 16.8. The van der Waals surface area contributed by atoms with Gasteiger partial charge < -0.3 is 35.6 Å². The van der Waals surface area contributed by atoms with Crippen LogP contribution in [0.3, 0.4) is 0 Å². The third-order valence-electron chi connectivity index (χ3n) is 7.55. The van der Waals surface area contributed by atoms with E-state index in [4.69, 9.17) is 4.74 Å². The standard InChI is InChI=1S/C29H47N5O9/c1-6-9-20(24(36)26(38)30-14-22(35)33-12-7-10-19(15-33)28(40)41)31-25(37)21-11-8-13-34(21)27(39)23(18(4)5)32-29(42)43-16-17(2)3/h17-21,23H,6-16H2,1-5H3,(H,30,38)(H,31,37)(H,32,42)(H,40,41)/t19?,20?,21-,23-/m0/s1. The van der Waals surface area contributed by atoms with Gasteiger partial charge in [-0.05, 0) is 43.9 Å². The summed E-state index contributed by atoms with van der Waals surface area (Å²) in [6.45, 7) is 9.51. The van der Waals surface area contributed by atoms with Gasteiger partial charge in [0, 0.05) is 19.6 Å². The van der Waals surface area contributed by atoms with Crippen LogP contribution in [0.4, 0.5) is 4.79 Å². The van der Waals surface area contributed by atoms with E-state index in [1.165, 1.54) is 9.80 Å². The summed E-state index contributed by atoms with van der Waals surface area (Å²) in [5.74, 6) is -5.31. The van der Waals surface area contributed by atoms with E-state index in [0.717, 1.165) is 0 Å². The number of nitrogens with zero attached hydrogens (tertiary/aromatic N) is 2. The Morgan fingerprint density at radius 3 is 2.23 bits per heavy atom. The number of amides is 5. The smallest absolute Gasteiger partial charge is 0.407 e. The number of nitrogens with one attached hydrogen (secondary N) is 3. The SMILES string of the molecule is CCCC(NC(=O)[C@@H]1CCCN1C(=O)[C@@H](NC(=O)OCC(C)C)C(C)C)C(=O)C(=O)NCC(=O)N1CCCC(C(=O)O)C1. The van der Waals surface area contributed by atoms with E-state index in [1.807, 2.05) is 13.8 Å². The zero-order valence-corrected chi connectivity index (χ0v) is 25.8. The topological polar surface area (TPSA) is 192 Å². The molecule has 0 aromatic heterocycles. The summed E-state index contributed by atoms with van der Waals surface area (Å²) in [5.41, 5.74) is 0. The van der Waals surface area contributed by atoms with Crippen molar-refractivity contribution >= 4 is 41.5 Å². The Kier molecular flexibility index (Phi) is 13.9. The van der Waals surface area contributed by atoms with Gasteiger partial charge in [-0.2, -0.15) is 0 Å². The summed E-state index contributed by atoms with van der Waals surface area (Å²) >= 11 is 0. The van der Waals surface area contributed by atoms with Crippen molar-refractivity contribution in [3.05, 3.63) is 0 Å². The van der Waals surface area contributed by atoms with Gasteiger partial charge in [-0.25, -0.2) is 4.79 Å². The molecule has 2 aliphatic rings. The van der Waals surface area contributed by atoms with Crippen LogP contribution in [0.1, 0.15) is 73.1 Å². The monoisotopic (exact) mass is 609 g/mol. The normalized spacial score (nSPS) is 19.9. The van der Waals surface area contributed by atoms with Crippen molar-refractivity contribution in [2.45, 2.75) is 91.3 Å². The summed E-state index contributed by atoms with van der Waals surface area (Å²) in [7, 11) is 0. The van der Waals surface area contributed by atoms with Crippen molar-refractivity contribution in [1.29, 1.82) is 0 Å². The molecule has 4 N–H and O–H groups in total. The molecule has 2 unspecified atom stereocenters. The number of ketones is 1. The van der Waals surface area contributed by atoms with E-state index in [1.54, 1.807) is 20.8 Å². The number of alkyl carbamates (subject to hydrolysis) is 1. The van der Waals surface area contributed by atoms with E-state index in [2.05, 4.69) is 16.0 Å². The highest BCUT2D eigenvalue weighted by atomic mass is 16.5. The second-order valence-corrected chi connectivity index (χ2v) is 12.0. The lowest BCUT2D eigenvalue weighted by Crippen LogP contribution is -2.57. The highest BCUT2D eigenvalue weighted by Gasteiger charge is 2.40. The van der Waals surface area contributed by atoms with Gasteiger partial charge in [-0.3, -0.25) is 28.8 Å². The molecular weight excluding hydrogens is 562 g/mol. The lowest BCUT2D eigenvalue weighted by atomic mass is 9.98. The van der Waals surface area contributed by atoms with Crippen molar-refractivity contribution in [2.75, 3.05) is 32.8 Å². The van der Waals surface area contributed by atoms with Crippen molar-refractivity contribution in [3.8, 4) is 0 Å². The van der Waals surface area contributed by atoms with Crippen LogP contribution in [0.25, 0.3) is 0 Å². The zero-order chi connectivity index (χ0) is 32.3. The Hall–Kier alpha value is -3.71. The fourth-order valence-corrected chi connectivity index (χ4v) is 5.15. The van der Waals surface area contributed by atoms with Gasteiger partial charge in [0.15, 0.2) is 0 Å². The highest BCUT2D eigenvalue weighted by molar-refractivity contribution is 6.38. The lowest BCUT2D eigenvalue weighted by molar-refractivity contribution is -0.146. The molecule has 14 nitrogen and oxygen atoms in total. The maximum absolute atomic E-state index is 13.4. The number of aliphatic carboxylic acids is 1. The van der Waals surface area contributed by atoms with Crippen LogP contribution in [0.2, 0.25) is 0 Å². The van der Waals surface area contributed by atoms with Crippen LogP contribution in [-0.4, -0.2) is 107 Å². The first-order valence-electron chi connectivity index (χ1n) is 15.1. The molecular formula is C29H47N5O9. The average molecular weight is 610 g/mol. The molecule has 0 bridgehead atoms. The molecule has 0 saturated carbocycles. The molecule has 14 heteroatoms.